The minimum atomic E-state index is -0.421. The van der Waals surface area contributed by atoms with Gasteiger partial charge in [0.2, 0.25) is 0 Å². The van der Waals surface area contributed by atoms with Crippen molar-refractivity contribution in [2.24, 2.45) is 0 Å². The van der Waals surface area contributed by atoms with Crippen LogP contribution in [0, 0.1) is 5.82 Å². The predicted octanol–water partition coefficient (Wildman–Crippen LogP) is 2.99. The van der Waals surface area contributed by atoms with Gasteiger partial charge in [-0.05, 0) is 43.2 Å². The lowest BCUT2D eigenvalue weighted by Crippen LogP contribution is -2.38. The molecule has 0 aliphatic carbocycles. The molecular formula is C21H19FN4O2. The third kappa shape index (κ3) is 3.83. The Bertz CT molecular complexity index is 1040. The molecule has 2 aromatic heterocycles. The number of rotatable bonds is 3. The first kappa shape index (κ1) is 18.0. The lowest BCUT2D eigenvalue weighted by atomic mass is 9.93. The van der Waals surface area contributed by atoms with Crippen molar-refractivity contribution in [3.63, 3.8) is 0 Å². The van der Waals surface area contributed by atoms with E-state index < -0.39 is 5.82 Å². The van der Waals surface area contributed by atoms with Crippen molar-refractivity contribution in [3.8, 4) is 11.5 Å². The second-order valence-electron chi connectivity index (χ2n) is 6.81. The molecule has 1 amide bonds. The summed E-state index contributed by atoms with van der Waals surface area (Å²) >= 11 is 0. The topological polar surface area (TPSA) is 79.0 Å². The predicted molar refractivity (Wildman–Crippen MR) is 102 cm³/mol. The SMILES string of the molecule is O=C(c1cccc(F)c1)N1CCC(c2cc(=O)[nH]c(-c3ccccn3)n2)CC1. The van der Waals surface area contributed by atoms with E-state index in [1.807, 2.05) is 6.07 Å². The largest absolute Gasteiger partial charge is 0.339 e. The van der Waals surface area contributed by atoms with Gasteiger partial charge in [0.05, 0.1) is 5.69 Å². The number of aromatic nitrogens is 3. The highest BCUT2D eigenvalue weighted by Crippen LogP contribution is 2.27. The minimum absolute atomic E-state index is 0.0846. The number of hydrogen-bond donors (Lipinski definition) is 1. The number of carbonyl (C=O) groups excluding carboxylic acids is 1. The molecule has 1 aromatic carbocycles. The number of aromatic amines is 1. The number of pyridine rings is 1. The maximum absolute atomic E-state index is 13.4. The first-order valence-electron chi connectivity index (χ1n) is 9.17. The van der Waals surface area contributed by atoms with Crippen LogP contribution in [0.25, 0.3) is 11.5 Å². The van der Waals surface area contributed by atoms with Crippen molar-refractivity contribution < 1.29 is 9.18 Å². The number of amides is 1. The lowest BCUT2D eigenvalue weighted by Gasteiger charge is -2.31. The molecule has 142 valence electrons. The molecule has 1 N–H and O–H groups in total. The molecular weight excluding hydrogens is 359 g/mol. The molecule has 1 fully saturated rings. The van der Waals surface area contributed by atoms with Crippen LogP contribution in [0.1, 0.15) is 34.8 Å². The fourth-order valence-electron chi connectivity index (χ4n) is 3.49. The van der Waals surface area contributed by atoms with E-state index in [0.29, 0.717) is 48.7 Å². The molecule has 0 atom stereocenters. The minimum Gasteiger partial charge on any atom is -0.339 e. The molecule has 4 rings (SSSR count). The molecule has 1 aliphatic heterocycles. The highest BCUT2D eigenvalue weighted by atomic mass is 19.1. The van der Waals surface area contributed by atoms with Gasteiger partial charge in [-0.15, -0.1) is 0 Å². The maximum Gasteiger partial charge on any atom is 0.253 e. The molecule has 0 bridgehead atoms. The van der Waals surface area contributed by atoms with Gasteiger partial charge in [0.15, 0.2) is 5.82 Å². The average Bonchev–Trinajstić information content (AvgIpc) is 2.73. The summed E-state index contributed by atoms with van der Waals surface area (Å²) in [5.74, 6) is -0.0656. The first-order valence-corrected chi connectivity index (χ1v) is 9.17. The van der Waals surface area contributed by atoms with Crippen molar-refractivity contribution in [1.29, 1.82) is 0 Å². The smallest absolute Gasteiger partial charge is 0.253 e. The van der Waals surface area contributed by atoms with Gasteiger partial charge in [0, 0.05) is 36.8 Å². The van der Waals surface area contributed by atoms with Crippen molar-refractivity contribution in [3.05, 3.63) is 82.2 Å². The number of halogens is 1. The molecule has 0 saturated carbocycles. The Morgan fingerprint density at radius 2 is 1.93 bits per heavy atom. The second kappa shape index (κ2) is 7.72. The fraction of sp³-hybridized carbons (Fsp3) is 0.238. The first-order chi connectivity index (χ1) is 13.6. The molecule has 6 nitrogen and oxygen atoms in total. The second-order valence-corrected chi connectivity index (χ2v) is 6.81. The van der Waals surface area contributed by atoms with E-state index in [1.165, 1.54) is 24.3 Å². The van der Waals surface area contributed by atoms with E-state index >= 15 is 0 Å². The van der Waals surface area contributed by atoms with Crippen LogP contribution in [0.3, 0.4) is 0 Å². The van der Waals surface area contributed by atoms with Crippen LogP contribution in [-0.4, -0.2) is 38.8 Å². The van der Waals surface area contributed by atoms with Crippen molar-refractivity contribution >= 4 is 5.91 Å². The summed E-state index contributed by atoms with van der Waals surface area (Å²) in [4.78, 5) is 37.9. The zero-order chi connectivity index (χ0) is 19.5. The summed E-state index contributed by atoms with van der Waals surface area (Å²) in [6, 6.07) is 12.7. The number of carbonyl (C=O) groups is 1. The molecule has 1 aliphatic rings. The Hall–Kier alpha value is -3.35. The van der Waals surface area contributed by atoms with E-state index in [1.54, 1.807) is 29.3 Å². The molecule has 3 aromatic rings. The average molecular weight is 378 g/mol. The molecule has 1 saturated heterocycles. The van der Waals surface area contributed by atoms with E-state index in [9.17, 15) is 14.0 Å². The highest BCUT2D eigenvalue weighted by molar-refractivity contribution is 5.94. The van der Waals surface area contributed by atoms with Crippen LogP contribution >= 0.6 is 0 Å². The van der Waals surface area contributed by atoms with Gasteiger partial charge >= 0.3 is 0 Å². The number of nitrogens with zero attached hydrogens (tertiary/aromatic N) is 3. The standard InChI is InChI=1S/C21H19FN4O2/c22-16-5-3-4-15(12-16)21(28)26-10-7-14(8-11-26)18-13-19(27)25-20(24-18)17-6-1-2-9-23-17/h1-6,9,12-14H,7-8,10-11H2,(H,24,25,27). The number of nitrogens with one attached hydrogen (secondary N) is 1. The van der Waals surface area contributed by atoms with Gasteiger partial charge < -0.3 is 9.88 Å². The van der Waals surface area contributed by atoms with Crippen LogP contribution < -0.4 is 5.56 Å². The summed E-state index contributed by atoms with van der Waals surface area (Å²) in [6.45, 7) is 1.07. The third-order valence-corrected chi connectivity index (χ3v) is 4.94. The summed E-state index contributed by atoms with van der Waals surface area (Å²) in [6.07, 6.45) is 3.04. The normalized spacial score (nSPS) is 14.8. The molecule has 0 unspecified atom stereocenters. The maximum atomic E-state index is 13.4. The van der Waals surface area contributed by atoms with Crippen molar-refractivity contribution in [2.75, 3.05) is 13.1 Å². The molecule has 3 heterocycles. The summed E-state index contributed by atoms with van der Waals surface area (Å²) in [7, 11) is 0. The highest BCUT2D eigenvalue weighted by Gasteiger charge is 2.26. The zero-order valence-electron chi connectivity index (χ0n) is 15.1. The summed E-state index contributed by atoms with van der Waals surface area (Å²) < 4.78 is 13.4. The molecule has 0 radical (unpaired) electrons. The Balaban J connectivity index is 1.49. The number of piperidine rings is 1. The summed E-state index contributed by atoms with van der Waals surface area (Å²) in [5, 5.41) is 0. The van der Waals surface area contributed by atoms with Crippen molar-refractivity contribution in [2.45, 2.75) is 18.8 Å². The van der Waals surface area contributed by atoms with Crippen LogP contribution in [0.4, 0.5) is 4.39 Å². The van der Waals surface area contributed by atoms with Gasteiger partial charge in [-0.3, -0.25) is 14.6 Å². The third-order valence-electron chi connectivity index (χ3n) is 4.94. The number of H-pyrrole nitrogens is 1. The number of benzene rings is 1. The lowest BCUT2D eigenvalue weighted by molar-refractivity contribution is 0.0711. The van der Waals surface area contributed by atoms with Gasteiger partial charge in [-0.25, -0.2) is 9.37 Å². The molecule has 0 spiro atoms. The van der Waals surface area contributed by atoms with Crippen LogP contribution in [0.2, 0.25) is 0 Å². The quantitative estimate of drug-likeness (QED) is 0.760. The van der Waals surface area contributed by atoms with E-state index in [0.717, 1.165) is 0 Å². The Morgan fingerprint density at radius 1 is 1.11 bits per heavy atom. The number of hydrogen-bond acceptors (Lipinski definition) is 4. The van der Waals surface area contributed by atoms with Gasteiger partial charge in [-0.1, -0.05) is 12.1 Å². The zero-order valence-corrected chi connectivity index (χ0v) is 15.1. The van der Waals surface area contributed by atoms with Crippen LogP contribution in [0.15, 0.2) is 59.5 Å². The van der Waals surface area contributed by atoms with E-state index in [2.05, 4.69) is 15.0 Å². The Labute approximate surface area is 161 Å². The van der Waals surface area contributed by atoms with E-state index in [-0.39, 0.29) is 17.4 Å². The summed E-state index contributed by atoms with van der Waals surface area (Å²) in [5.41, 5.74) is 1.46. The Morgan fingerprint density at radius 3 is 2.64 bits per heavy atom. The van der Waals surface area contributed by atoms with Gasteiger partial charge in [0.1, 0.15) is 11.5 Å². The van der Waals surface area contributed by atoms with Gasteiger partial charge in [0.25, 0.3) is 11.5 Å². The fourth-order valence-corrected chi connectivity index (χ4v) is 3.49. The van der Waals surface area contributed by atoms with Crippen LogP contribution in [-0.2, 0) is 0 Å². The monoisotopic (exact) mass is 378 g/mol. The van der Waals surface area contributed by atoms with Crippen molar-refractivity contribution in [1.82, 2.24) is 19.9 Å². The van der Waals surface area contributed by atoms with Crippen LogP contribution in [0.5, 0.6) is 0 Å². The molecule has 28 heavy (non-hydrogen) atoms. The molecule has 7 heteroatoms. The van der Waals surface area contributed by atoms with Gasteiger partial charge in [-0.2, -0.15) is 0 Å². The van der Waals surface area contributed by atoms with E-state index in [4.69, 9.17) is 0 Å². The Kier molecular flexibility index (Phi) is 4.97. The number of likely N-dealkylation sites (tertiary alicyclic amines) is 1.